The van der Waals surface area contributed by atoms with Gasteiger partial charge in [0.1, 0.15) is 11.1 Å². The van der Waals surface area contributed by atoms with Crippen LogP contribution in [0, 0.1) is 17.8 Å². The molecule has 0 radical (unpaired) electrons. The number of hydrogen-bond acceptors (Lipinski definition) is 7. The number of aromatic nitrogens is 5. The first kappa shape index (κ1) is 24.9. The molecule has 1 aliphatic heterocycles. The molecular formula is C28H22BrN7O3. The minimum atomic E-state index is -0.708. The highest BCUT2D eigenvalue weighted by Crippen LogP contribution is 2.48. The molecule has 0 spiro atoms. The molecular weight excluding hydrogens is 562 g/mol. The van der Waals surface area contributed by atoms with Crippen LogP contribution in [0.2, 0.25) is 0 Å². The Labute approximate surface area is 231 Å². The Morgan fingerprint density at radius 2 is 1.87 bits per heavy atom. The summed E-state index contributed by atoms with van der Waals surface area (Å²) in [7, 11) is 0. The van der Waals surface area contributed by atoms with Gasteiger partial charge in [-0.2, -0.15) is 5.10 Å². The zero-order chi connectivity index (χ0) is 27.1. The first-order valence-electron chi connectivity index (χ1n) is 12.4. The summed E-state index contributed by atoms with van der Waals surface area (Å²) in [5, 5.41) is 4.86. The minimum absolute atomic E-state index is 0.0325. The number of pyridine rings is 1. The van der Waals surface area contributed by atoms with E-state index in [0.717, 1.165) is 6.42 Å². The van der Waals surface area contributed by atoms with Crippen LogP contribution < -0.4 is 5.73 Å². The molecule has 2 aliphatic rings. The first-order valence-corrected chi connectivity index (χ1v) is 13.2. The van der Waals surface area contributed by atoms with Crippen LogP contribution in [0.4, 0.5) is 0 Å². The molecule has 3 aromatic heterocycles. The molecule has 0 unspecified atom stereocenters. The van der Waals surface area contributed by atoms with Gasteiger partial charge < -0.3 is 10.6 Å². The Morgan fingerprint density at radius 3 is 2.64 bits per heavy atom. The van der Waals surface area contributed by atoms with E-state index in [0.29, 0.717) is 44.9 Å². The molecule has 1 aliphatic carbocycles. The average Bonchev–Trinajstić information content (AvgIpc) is 3.43. The van der Waals surface area contributed by atoms with Gasteiger partial charge >= 0.3 is 0 Å². The van der Waals surface area contributed by atoms with Crippen molar-refractivity contribution in [2.45, 2.75) is 37.9 Å². The summed E-state index contributed by atoms with van der Waals surface area (Å²) in [4.78, 5) is 53.2. The second kappa shape index (κ2) is 10.0. The number of nitrogens with zero attached hydrogens (tertiary/aromatic N) is 6. The number of halogens is 1. The molecule has 2 N–H and O–H groups in total. The van der Waals surface area contributed by atoms with Gasteiger partial charge in [-0.05, 0) is 77.0 Å². The Bertz CT molecular complexity index is 1690. The number of amides is 2. The number of likely N-dealkylation sites (tertiary alicyclic amines) is 1. The molecule has 4 aromatic rings. The predicted molar refractivity (Wildman–Crippen MR) is 144 cm³/mol. The summed E-state index contributed by atoms with van der Waals surface area (Å²) >= 11 is 3.34. The highest BCUT2D eigenvalue weighted by atomic mass is 79.9. The van der Waals surface area contributed by atoms with Crippen molar-refractivity contribution in [1.29, 1.82) is 0 Å². The van der Waals surface area contributed by atoms with Gasteiger partial charge in [0.15, 0.2) is 11.5 Å². The number of primary amides is 1. The molecule has 10 nitrogen and oxygen atoms in total. The lowest BCUT2D eigenvalue weighted by Crippen LogP contribution is -2.45. The molecule has 0 bridgehead atoms. The van der Waals surface area contributed by atoms with Gasteiger partial charge in [0.05, 0.1) is 18.0 Å². The van der Waals surface area contributed by atoms with Gasteiger partial charge in [0.2, 0.25) is 11.7 Å². The first-order chi connectivity index (χ1) is 18.9. The van der Waals surface area contributed by atoms with Crippen LogP contribution in [-0.4, -0.2) is 59.3 Å². The molecule has 39 heavy (non-hydrogen) atoms. The number of ketones is 1. The largest absolute Gasteiger partial charge is 0.364 e. The molecule has 194 valence electrons. The van der Waals surface area contributed by atoms with E-state index in [9.17, 15) is 14.4 Å². The number of rotatable bonds is 6. The Hall–Kier alpha value is -4.43. The van der Waals surface area contributed by atoms with Crippen molar-refractivity contribution in [2.75, 3.05) is 0 Å². The van der Waals surface area contributed by atoms with E-state index in [1.807, 2.05) is 6.07 Å². The summed E-state index contributed by atoms with van der Waals surface area (Å²) < 4.78 is 2.14. The van der Waals surface area contributed by atoms with Gasteiger partial charge in [-0.3, -0.25) is 19.1 Å². The van der Waals surface area contributed by atoms with Crippen LogP contribution in [0.3, 0.4) is 0 Å². The maximum atomic E-state index is 13.6. The number of Topliss-reactive ketones (excluding diaryl/α,β-unsaturated/α-hetero) is 1. The van der Waals surface area contributed by atoms with Crippen LogP contribution in [-0.2, 0) is 22.6 Å². The fourth-order valence-electron chi connectivity index (χ4n) is 5.21. The zero-order valence-electron chi connectivity index (χ0n) is 20.6. The van der Waals surface area contributed by atoms with Gasteiger partial charge in [-0.25, -0.2) is 15.0 Å². The third-order valence-electron chi connectivity index (χ3n) is 7.05. The molecule has 1 saturated heterocycles. The predicted octanol–water partition coefficient (Wildman–Crippen LogP) is 2.28. The number of piperidine rings is 1. The van der Waals surface area contributed by atoms with E-state index in [1.165, 1.54) is 4.68 Å². The van der Waals surface area contributed by atoms with Crippen molar-refractivity contribution in [3.8, 4) is 11.8 Å². The van der Waals surface area contributed by atoms with Crippen molar-refractivity contribution in [2.24, 2.45) is 11.7 Å². The number of nitrogens with two attached hydrogens (primary N) is 1. The molecule has 3 atom stereocenters. The minimum Gasteiger partial charge on any atom is -0.364 e. The maximum Gasteiger partial charge on any atom is 0.269 e. The summed E-state index contributed by atoms with van der Waals surface area (Å²) in [6.07, 6.45) is 4.91. The molecule has 2 amide bonds. The van der Waals surface area contributed by atoms with Crippen LogP contribution in [0.15, 0.2) is 59.5 Å². The van der Waals surface area contributed by atoms with E-state index >= 15 is 0 Å². The topological polar surface area (TPSA) is 137 Å². The van der Waals surface area contributed by atoms with Gasteiger partial charge in [-0.15, -0.1) is 0 Å². The Morgan fingerprint density at radius 1 is 1.05 bits per heavy atom. The fraction of sp³-hybridized carbons (Fsp3) is 0.250. The highest BCUT2D eigenvalue weighted by Gasteiger charge is 2.55. The number of carbonyl (C=O) groups excluding carboxylic acids is 3. The lowest BCUT2D eigenvalue weighted by molar-refractivity contribution is -0.139. The standard InChI is InChI=1S/C28H22BrN7O3/c29-24-4-1-3-18(33-24)14-23(37)22-13-17-12-21(17)36(22)26(38)15-35-20-7-5-16(6-8-25-31-9-2-10-32-25)11-19(20)27(34-35)28(30)39/h1-5,7,9-11,17,21-22H,12-15H2,(H2,30,39)/t17-,21-,22+/m1/s1. The van der Waals surface area contributed by atoms with E-state index in [-0.39, 0.29) is 36.4 Å². The van der Waals surface area contributed by atoms with Crippen molar-refractivity contribution < 1.29 is 14.4 Å². The lowest BCUT2D eigenvalue weighted by atomic mass is 10.0. The molecule has 4 heterocycles. The smallest absolute Gasteiger partial charge is 0.269 e. The second-order valence-electron chi connectivity index (χ2n) is 9.64. The van der Waals surface area contributed by atoms with Crippen molar-refractivity contribution >= 4 is 44.4 Å². The van der Waals surface area contributed by atoms with E-state index in [4.69, 9.17) is 5.73 Å². The number of benzene rings is 1. The molecule has 1 aromatic carbocycles. The van der Waals surface area contributed by atoms with Crippen LogP contribution in [0.5, 0.6) is 0 Å². The summed E-state index contributed by atoms with van der Waals surface area (Å²) in [5.41, 5.74) is 7.52. The third kappa shape index (κ3) is 5.03. The normalized spacial score (nSPS) is 19.3. The lowest BCUT2D eigenvalue weighted by Gasteiger charge is -2.26. The van der Waals surface area contributed by atoms with Crippen LogP contribution in [0.25, 0.3) is 10.9 Å². The molecule has 11 heteroatoms. The van der Waals surface area contributed by atoms with E-state index in [2.05, 4.69) is 47.8 Å². The monoisotopic (exact) mass is 583 g/mol. The van der Waals surface area contributed by atoms with Gasteiger partial charge in [0.25, 0.3) is 5.91 Å². The second-order valence-corrected chi connectivity index (χ2v) is 10.4. The van der Waals surface area contributed by atoms with Gasteiger partial charge in [-0.1, -0.05) is 12.0 Å². The zero-order valence-corrected chi connectivity index (χ0v) is 22.2. The number of fused-ring (bicyclic) bond motifs is 2. The SMILES string of the molecule is NC(=O)c1nn(CC(=O)N2[C@@H]3C[C@@H]3C[C@H]2C(=O)Cc2cccc(Br)n2)c2ccc(C#Cc3ncccn3)cc12. The summed E-state index contributed by atoms with van der Waals surface area (Å²) in [6, 6.07) is 11.9. The fourth-order valence-corrected chi connectivity index (χ4v) is 5.59. The van der Waals surface area contributed by atoms with Crippen molar-refractivity contribution in [1.82, 2.24) is 29.6 Å². The Balaban J connectivity index is 1.25. The maximum absolute atomic E-state index is 13.6. The quantitative estimate of drug-likeness (QED) is 0.271. The third-order valence-corrected chi connectivity index (χ3v) is 7.49. The van der Waals surface area contributed by atoms with Crippen molar-refractivity contribution in [3.63, 3.8) is 0 Å². The Kier molecular flexibility index (Phi) is 6.40. The van der Waals surface area contributed by atoms with E-state index < -0.39 is 11.9 Å². The number of hydrogen-bond donors (Lipinski definition) is 1. The molecule has 2 fully saturated rings. The average molecular weight is 584 g/mol. The highest BCUT2D eigenvalue weighted by molar-refractivity contribution is 9.10. The molecule has 1 saturated carbocycles. The molecule has 6 rings (SSSR count). The number of carbonyl (C=O) groups is 3. The van der Waals surface area contributed by atoms with Crippen LogP contribution in [0.1, 0.15) is 40.4 Å². The summed E-state index contributed by atoms with van der Waals surface area (Å²) in [6.45, 7) is -0.116. The van der Waals surface area contributed by atoms with Crippen molar-refractivity contribution in [3.05, 3.63) is 82.2 Å². The van der Waals surface area contributed by atoms with Gasteiger partial charge in [0, 0.05) is 35.1 Å². The van der Waals surface area contributed by atoms with E-state index in [1.54, 1.807) is 53.7 Å². The summed E-state index contributed by atoms with van der Waals surface area (Å²) in [5.74, 6) is 5.62. The van der Waals surface area contributed by atoms with Crippen LogP contribution >= 0.6 is 15.9 Å².